The van der Waals surface area contributed by atoms with Crippen molar-refractivity contribution in [3.05, 3.63) is 82.0 Å². The fraction of sp³-hybridized carbons (Fsp3) is 0.360. The molecule has 1 atom stereocenters. The summed E-state index contributed by atoms with van der Waals surface area (Å²) in [5.74, 6) is -1.19. The van der Waals surface area contributed by atoms with Crippen molar-refractivity contribution in [2.75, 3.05) is 0 Å². The number of amides is 2. The zero-order valence-electron chi connectivity index (χ0n) is 18.1. The highest BCUT2D eigenvalue weighted by Crippen LogP contribution is 2.32. The Bertz CT molecular complexity index is 958. The lowest BCUT2D eigenvalue weighted by Gasteiger charge is -2.33. The van der Waals surface area contributed by atoms with Crippen LogP contribution < -0.4 is 5.32 Å². The molecule has 1 saturated carbocycles. The lowest BCUT2D eigenvalue weighted by molar-refractivity contribution is -0.138. The molecule has 1 unspecified atom stereocenters. The Morgan fingerprint density at radius 1 is 1.26 bits per heavy atom. The van der Waals surface area contributed by atoms with Crippen molar-refractivity contribution >= 4 is 23.2 Å². The minimum atomic E-state index is -0.979. The molecular formula is C25H29FN2O2S. The van der Waals surface area contributed by atoms with Crippen molar-refractivity contribution in [2.24, 2.45) is 0 Å². The second-order valence-corrected chi connectivity index (χ2v) is 8.92. The van der Waals surface area contributed by atoms with Crippen LogP contribution in [0.4, 0.5) is 4.39 Å². The summed E-state index contributed by atoms with van der Waals surface area (Å²) in [6, 6.07) is 10.3. The maximum atomic E-state index is 14.6. The van der Waals surface area contributed by atoms with Crippen LogP contribution in [-0.4, -0.2) is 22.8 Å². The number of aryl methyl sites for hydroxylation is 1. The molecule has 1 aliphatic carbocycles. The molecule has 4 nitrogen and oxygen atoms in total. The molecule has 0 bridgehead atoms. The van der Waals surface area contributed by atoms with E-state index < -0.39 is 11.9 Å². The van der Waals surface area contributed by atoms with Crippen molar-refractivity contribution in [3.8, 4) is 0 Å². The number of halogens is 1. The van der Waals surface area contributed by atoms with Crippen LogP contribution in [0.15, 0.2) is 66.0 Å². The van der Waals surface area contributed by atoms with Crippen molar-refractivity contribution in [1.29, 1.82) is 0 Å². The van der Waals surface area contributed by atoms with Gasteiger partial charge in [0, 0.05) is 10.9 Å². The summed E-state index contributed by atoms with van der Waals surface area (Å²) < 4.78 is 14.6. The zero-order chi connectivity index (χ0) is 22.4. The number of nitrogens with zero attached hydrogens (tertiary/aromatic N) is 1. The SMILES string of the molecule is C=CC(=C(C)F)N(C(=O)Cc1cccs1)C(C(=O)NC1CCCC1)c1ccccc1C. The summed E-state index contributed by atoms with van der Waals surface area (Å²) in [5.41, 5.74) is 1.57. The molecule has 1 aliphatic rings. The van der Waals surface area contributed by atoms with E-state index in [9.17, 15) is 14.0 Å². The highest BCUT2D eigenvalue weighted by molar-refractivity contribution is 7.10. The topological polar surface area (TPSA) is 49.4 Å². The lowest BCUT2D eigenvalue weighted by atomic mass is 9.97. The summed E-state index contributed by atoms with van der Waals surface area (Å²) in [7, 11) is 0. The molecule has 0 aliphatic heterocycles. The highest BCUT2D eigenvalue weighted by atomic mass is 32.1. The van der Waals surface area contributed by atoms with Crippen molar-refractivity contribution in [1.82, 2.24) is 10.2 Å². The quantitative estimate of drug-likeness (QED) is 0.542. The lowest BCUT2D eigenvalue weighted by Crippen LogP contribution is -2.46. The Morgan fingerprint density at radius 2 is 1.97 bits per heavy atom. The summed E-state index contributed by atoms with van der Waals surface area (Å²) in [4.78, 5) is 29.2. The molecule has 1 N–H and O–H groups in total. The number of benzene rings is 1. The van der Waals surface area contributed by atoms with Crippen molar-refractivity contribution in [2.45, 2.75) is 58.0 Å². The fourth-order valence-electron chi connectivity index (χ4n) is 4.11. The fourth-order valence-corrected chi connectivity index (χ4v) is 4.81. The predicted molar refractivity (Wildman–Crippen MR) is 123 cm³/mol. The number of hydrogen-bond acceptors (Lipinski definition) is 3. The third-order valence-electron chi connectivity index (χ3n) is 5.67. The molecule has 1 aromatic heterocycles. The van der Waals surface area contributed by atoms with E-state index in [2.05, 4.69) is 11.9 Å². The average molecular weight is 441 g/mol. The Balaban J connectivity index is 2.07. The van der Waals surface area contributed by atoms with Gasteiger partial charge in [0.25, 0.3) is 0 Å². The average Bonchev–Trinajstić information content (AvgIpc) is 3.43. The molecule has 6 heteroatoms. The first-order valence-electron chi connectivity index (χ1n) is 10.6. The van der Waals surface area contributed by atoms with E-state index in [0.717, 1.165) is 36.1 Å². The summed E-state index contributed by atoms with van der Waals surface area (Å²) in [5, 5.41) is 5.00. The highest BCUT2D eigenvalue weighted by Gasteiger charge is 2.36. The Morgan fingerprint density at radius 3 is 2.55 bits per heavy atom. The Kier molecular flexibility index (Phi) is 7.80. The van der Waals surface area contributed by atoms with E-state index in [-0.39, 0.29) is 30.0 Å². The van der Waals surface area contributed by atoms with Crippen LogP contribution in [0.3, 0.4) is 0 Å². The van der Waals surface area contributed by atoms with E-state index in [0.29, 0.717) is 5.56 Å². The predicted octanol–water partition coefficient (Wildman–Crippen LogP) is 5.61. The molecule has 0 radical (unpaired) electrons. The molecule has 1 aromatic carbocycles. The molecule has 164 valence electrons. The number of thiophene rings is 1. The van der Waals surface area contributed by atoms with Gasteiger partial charge in [0.05, 0.1) is 12.1 Å². The second-order valence-electron chi connectivity index (χ2n) is 7.89. The van der Waals surface area contributed by atoms with Gasteiger partial charge in [-0.15, -0.1) is 11.3 Å². The monoisotopic (exact) mass is 440 g/mol. The number of allylic oxidation sites excluding steroid dienone is 2. The van der Waals surface area contributed by atoms with Crippen LogP contribution in [0.2, 0.25) is 0 Å². The summed E-state index contributed by atoms with van der Waals surface area (Å²) in [6.07, 6.45) is 5.38. The van der Waals surface area contributed by atoms with Gasteiger partial charge in [0.1, 0.15) is 11.9 Å². The van der Waals surface area contributed by atoms with Gasteiger partial charge in [-0.3, -0.25) is 14.5 Å². The van der Waals surface area contributed by atoms with E-state index in [1.807, 2.05) is 48.7 Å². The van der Waals surface area contributed by atoms with Gasteiger partial charge in [-0.2, -0.15) is 0 Å². The van der Waals surface area contributed by atoms with E-state index >= 15 is 0 Å². The van der Waals surface area contributed by atoms with Crippen LogP contribution in [0, 0.1) is 6.92 Å². The molecule has 2 amide bonds. The van der Waals surface area contributed by atoms with Crippen LogP contribution in [-0.2, 0) is 16.0 Å². The van der Waals surface area contributed by atoms with Gasteiger partial charge < -0.3 is 5.32 Å². The molecule has 0 spiro atoms. The zero-order valence-corrected chi connectivity index (χ0v) is 18.9. The van der Waals surface area contributed by atoms with Gasteiger partial charge >= 0.3 is 0 Å². The number of nitrogens with one attached hydrogen (secondary N) is 1. The third-order valence-corrected chi connectivity index (χ3v) is 6.55. The number of carbonyl (C=O) groups is 2. The first-order chi connectivity index (χ1) is 14.9. The second kappa shape index (κ2) is 10.5. The van der Waals surface area contributed by atoms with Gasteiger partial charge in [0.2, 0.25) is 11.8 Å². The molecule has 0 saturated heterocycles. The van der Waals surface area contributed by atoms with Gasteiger partial charge in [-0.25, -0.2) is 4.39 Å². The standard InChI is InChI=1S/C25H29FN2O2S/c1-4-22(18(3)26)28(23(29)16-20-13-9-15-31-20)24(21-14-8-5-10-17(21)2)25(30)27-19-11-6-7-12-19/h4-5,8-10,13-15,19,24H,1,6-7,11-12,16H2,2-3H3,(H,27,30). The molecule has 2 aromatic rings. The van der Waals surface area contributed by atoms with Crippen LogP contribution in [0.25, 0.3) is 0 Å². The van der Waals surface area contributed by atoms with Crippen molar-refractivity contribution < 1.29 is 14.0 Å². The largest absolute Gasteiger partial charge is 0.351 e. The summed E-state index contributed by atoms with van der Waals surface area (Å²) in [6.45, 7) is 6.90. The molecule has 1 heterocycles. The van der Waals surface area contributed by atoms with Crippen LogP contribution in [0.5, 0.6) is 0 Å². The number of carbonyl (C=O) groups excluding carboxylic acids is 2. The van der Waals surface area contributed by atoms with Crippen LogP contribution in [0.1, 0.15) is 54.7 Å². The van der Waals surface area contributed by atoms with Gasteiger partial charge in [-0.1, -0.05) is 49.8 Å². The van der Waals surface area contributed by atoms with Crippen LogP contribution >= 0.6 is 11.3 Å². The minimum Gasteiger partial charge on any atom is -0.351 e. The third kappa shape index (κ3) is 5.50. The minimum absolute atomic E-state index is 0.0244. The first-order valence-corrected chi connectivity index (χ1v) is 11.5. The van der Waals surface area contributed by atoms with E-state index in [1.165, 1.54) is 29.2 Å². The smallest absolute Gasteiger partial charge is 0.248 e. The Hall–Kier alpha value is -2.73. The maximum Gasteiger partial charge on any atom is 0.248 e. The normalized spacial score (nSPS) is 15.8. The van der Waals surface area contributed by atoms with Gasteiger partial charge in [0.15, 0.2) is 0 Å². The van der Waals surface area contributed by atoms with Crippen molar-refractivity contribution in [3.63, 3.8) is 0 Å². The Labute approximate surface area is 187 Å². The molecular weight excluding hydrogens is 411 g/mol. The first kappa shape index (κ1) is 22.9. The molecule has 3 rings (SSSR count). The maximum absolute atomic E-state index is 14.6. The molecule has 1 fully saturated rings. The van der Waals surface area contributed by atoms with E-state index in [4.69, 9.17) is 0 Å². The number of hydrogen-bond donors (Lipinski definition) is 1. The van der Waals surface area contributed by atoms with E-state index in [1.54, 1.807) is 0 Å². The molecule has 31 heavy (non-hydrogen) atoms. The number of rotatable bonds is 8. The summed E-state index contributed by atoms with van der Waals surface area (Å²) >= 11 is 1.46. The van der Waals surface area contributed by atoms with Gasteiger partial charge in [-0.05, 0) is 55.3 Å².